The highest BCUT2D eigenvalue weighted by molar-refractivity contribution is 5.44. The molecule has 92 valence electrons. The second-order valence-electron chi connectivity index (χ2n) is 3.85. The van der Waals surface area contributed by atoms with Crippen molar-refractivity contribution in [1.29, 1.82) is 0 Å². The number of hydrogen-bond donors (Lipinski definition) is 1. The molecule has 0 atom stereocenters. The van der Waals surface area contributed by atoms with Crippen LogP contribution in [-0.4, -0.2) is 44.9 Å². The van der Waals surface area contributed by atoms with Crippen molar-refractivity contribution < 1.29 is 0 Å². The SMILES string of the molecule is CCCCN(CCN)c1ccc2nnnn2n1. The molecule has 2 N–H and O–H groups in total. The van der Waals surface area contributed by atoms with Crippen molar-refractivity contribution in [3.05, 3.63) is 12.1 Å². The van der Waals surface area contributed by atoms with E-state index in [0.717, 1.165) is 31.7 Å². The van der Waals surface area contributed by atoms with Gasteiger partial charge >= 0.3 is 0 Å². The van der Waals surface area contributed by atoms with Crippen molar-refractivity contribution in [2.45, 2.75) is 19.8 Å². The van der Waals surface area contributed by atoms with E-state index in [1.807, 2.05) is 12.1 Å². The average molecular weight is 235 g/mol. The third-order valence-corrected chi connectivity index (χ3v) is 2.56. The lowest BCUT2D eigenvalue weighted by Crippen LogP contribution is -2.31. The molecule has 7 heteroatoms. The summed E-state index contributed by atoms with van der Waals surface area (Å²) >= 11 is 0. The summed E-state index contributed by atoms with van der Waals surface area (Å²) in [4.78, 5) is 2.16. The molecular weight excluding hydrogens is 218 g/mol. The van der Waals surface area contributed by atoms with Crippen LogP contribution in [0.4, 0.5) is 5.82 Å². The first-order chi connectivity index (χ1) is 8.35. The first kappa shape index (κ1) is 11.7. The summed E-state index contributed by atoms with van der Waals surface area (Å²) in [6, 6.07) is 3.79. The highest BCUT2D eigenvalue weighted by Gasteiger charge is 2.08. The van der Waals surface area contributed by atoms with Gasteiger partial charge in [0.05, 0.1) is 0 Å². The molecule has 0 aliphatic carbocycles. The van der Waals surface area contributed by atoms with Crippen LogP contribution in [0.25, 0.3) is 5.65 Å². The average Bonchev–Trinajstić information content (AvgIpc) is 2.81. The van der Waals surface area contributed by atoms with Crippen molar-refractivity contribution in [2.75, 3.05) is 24.5 Å². The van der Waals surface area contributed by atoms with E-state index in [1.165, 1.54) is 4.63 Å². The van der Waals surface area contributed by atoms with Gasteiger partial charge in [0.1, 0.15) is 0 Å². The zero-order chi connectivity index (χ0) is 12.1. The van der Waals surface area contributed by atoms with E-state index in [4.69, 9.17) is 5.73 Å². The normalized spacial score (nSPS) is 10.9. The number of rotatable bonds is 6. The molecule has 0 aliphatic heterocycles. The first-order valence-electron chi connectivity index (χ1n) is 5.85. The Morgan fingerprint density at radius 2 is 2.24 bits per heavy atom. The molecule has 7 nitrogen and oxygen atoms in total. The minimum atomic E-state index is 0.610. The molecule has 0 saturated heterocycles. The van der Waals surface area contributed by atoms with E-state index in [-0.39, 0.29) is 0 Å². The van der Waals surface area contributed by atoms with Crippen molar-refractivity contribution in [3.63, 3.8) is 0 Å². The third-order valence-electron chi connectivity index (χ3n) is 2.56. The molecule has 0 saturated carbocycles. The predicted octanol–water partition coefficient (Wildman–Crippen LogP) is 0.0845. The van der Waals surface area contributed by atoms with E-state index in [9.17, 15) is 0 Å². The standard InChI is InChI=1S/C10H17N7/c1-2-3-7-16(8-6-11)10-5-4-9-12-14-15-17(9)13-10/h4-5H,2-3,6-8,11H2,1H3. The Morgan fingerprint density at radius 1 is 1.35 bits per heavy atom. The Kier molecular flexibility index (Phi) is 3.81. The number of hydrogen-bond acceptors (Lipinski definition) is 6. The molecule has 0 spiro atoms. The lowest BCUT2D eigenvalue weighted by molar-refractivity contribution is 0.676. The van der Waals surface area contributed by atoms with Crippen molar-refractivity contribution in [3.8, 4) is 0 Å². The number of aromatic nitrogens is 5. The summed E-state index contributed by atoms with van der Waals surface area (Å²) in [7, 11) is 0. The topological polar surface area (TPSA) is 85.2 Å². The summed E-state index contributed by atoms with van der Waals surface area (Å²) in [5.74, 6) is 0.865. The molecule has 2 heterocycles. The molecule has 0 aliphatic rings. The van der Waals surface area contributed by atoms with Crippen molar-refractivity contribution >= 4 is 11.5 Å². The van der Waals surface area contributed by atoms with Gasteiger partial charge in [0.2, 0.25) is 0 Å². The second kappa shape index (κ2) is 5.53. The minimum absolute atomic E-state index is 0.610. The predicted molar refractivity (Wildman–Crippen MR) is 64.8 cm³/mol. The molecule has 2 aromatic rings. The monoisotopic (exact) mass is 235 g/mol. The maximum absolute atomic E-state index is 5.61. The highest BCUT2D eigenvalue weighted by atomic mass is 15.6. The van der Waals surface area contributed by atoms with E-state index < -0.39 is 0 Å². The lowest BCUT2D eigenvalue weighted by atomic mass is 10.3. The van der Waals surface area contributed by atoms with E-state index in [2.05, 4.69) is 32.4 Å². The molecule has 17 heavy (non-hydrogen) atoms. The third kappa shape index (κ3) is 2.68. The largest absolute Gasteiger partial charge is 0.354 e. The van der Waals surface area contributed by atoms with Crippen LogP contribution in [0.2, 0.25) is 0 Å². The van der Waals surface area contributed by atoms with Crippen LogP contribution < -0.4 is 10.6 Å². The molecule has 0 amide bonds. The Morgan fingerprint density at radius 3 is 3.00 bits per heavy atom. The molecule has 2 rings (SSSR count). The summed E-state index contributed by atoms with van der Waals surface area (Å²) in [5, 5.41) is 15.5. The number of fused-ring (bicyclic) bond motifs is 1. The van der Waals surface area contributed by atoms with Gasteiger partial charge < -0.3 is 10.6 Å². The molecule has 0 radical (unpaired) electrons. The van der Waals surface area contributed by atoms with Crippen LogP contribution in [0.15, 0.2) is 12.1 Å². The number of tetrazole rings is 1. The summed E-state index contributed by atoms with van der Waals surface area (Å²) < 4.78 is 1.44. The van der Waals surface area contributed by atoms with Crippen LogP contribution in [0.1, 0.15) is 19.8 Å². The zero-order valence-corrected chi connectivity index (χ0v) is 9.95. The first-order valence-corrected chi connectivity index (χ1v) is 5.85. The Hall–Kier alpha value is -1.76. The molecule has 0 unspecified atom stereocenters. The maximum Gasteiger partial charge on any atom is 0.200 e. The number of unbranched alkanes of at least 4 members (excludes halogenated alkanes) is 1. The molecular formula is C10H17N7. The molecule has 0 bridgehead atoms. The Balaban J connectivity index is 2.20. The second-order valence-corrected chi connectivity index (χ2v) is 3.85. The molecule has 0 fully saturated rings. The quantitative estimate of drug-likeness (QED) is 0.763. The lowest BCUT2D eigenvalue weighted by Gasteiger charge is -2.22. The Labute approximate surface area is 99.6 Å². The number of anilines is 1. The summed E-state index contributed by atoms with van der Waals surface area (Å²) in [5.41, 5.74) is 6.26. The van der Waals surface area contributed by atoms with Crippen molar-refractivity contribution in [1.82, 2.24) is 25.3 Å². The van der Waals surface area contributed by atoms with Gasteiger partial charge in [0, 0.05) is 19.6 Å². The van der Waals surface area contributed by atoms with Gasteiger partial charge in [-0.1, -0.05) is 13.3 Å². The van der Waals surface area contributed by atoms with E-state index in [1.54, 1.807) is 0 Å². The van der Waals surface area contributed by atoms with Gasteiger partial charge in [-0.3, -0.25) is 0 Å². The van der Waals surface area contributed by atoms with Gasteiger partial charge in [-0.25, -0.2) is 0 Å². The van der Waals surface area contributed by atoms with Crippen LogP contribution in [0.3, 0.4) is 0 Å². The van der Waals surface area contributed by atoms with Crippen LogP contribution in [0.5, 0.6) is 0 Å². The highest BCUT2D eigenvalue weighted by Crippen LogP contribution is 2.11. The number of nitrogens with two attached hydrogens (primary N) is 1. The number of nitrogens with zero attached hydrogens (tertiary/aromatic N) is 6. The fourth-order valence-corrected chi connectivity index (χ4v) is 1.65. The van der Waals surface area contributed by atoms with Crippen LogP contribution >= 0.6 is 0 Å². The maximum atomic E-state index is 5.61. The fourth-order valence-electron chi connectivity index (χ4n) is 1.65. The van der Waals surface area contributed by atoms with Gasteiger partial charge in [-0.2, -0.15) is 0 Å². The Bertz CT molecular complexity index is 466. The minimum Gasteiger partial charge on any atom is -0.354 e. The van der Waals surface area contributed by atoms with E-state index >= 15 is 0 Å². The summed E-state index contributed by atoms with van der Waals surface area (Å²) in [6.07, 6.45) is 2.27. The van der Waals surface area contributed by atoms with Gasteiger partial charge in [0.25, 0.3) is 0 Å². The smallest absolute Gasteiger partial charge is 0.200 e. The van der Waals surface area contributed by atoms with Gasteiger partial charge in [-0.15, -0.1) is 14.8 Å². The molecule has 0 aromatic carbocycles. The van der Waals surface area contributed by atoms with Crippen LogP contribution in [-0.2, 0) is 0 Å². The zero-order valence-electron chi connectivity index (χ0n) is 9.95. The van der Waals surface area contributed by atoms with Gasteiger partial charge in [-0.05, 0) is 29.0 Å². The van der Waals surface area contributed by atoms with Crippen LogP contribution in [0, 0.1) is 0 Å². The van der Waals surface area contributed by atoms with Gasteiger partial charge in [0.15, 0.2) is 11.5 Å². The fraction of sp³-hybridized carbons (Fsp3) is 0.600. The molecule has 2 aromatic heterocycles. The van der Waals surface area contributed by atoms with E-state index in [0.29, 0.717) is 12.2 Å². The van der Waals surface area contributed by atoms with Crippen molar-refractivity contribution in [2.24, 2.45) is 5.73 Å². The summed E-state index contributed by atoms with van der Waals surface area (Å²) in [6.45, 7) is 4.52.